The molecule has 0 spiro atoms. The largest absolute Gasteiger partial charge is 0.381 e. The van der Waals surface area contributed by atoms with E-state index in [0.29, 0.717) is 5.92 Å². The minimum atomic E-state index is 0.600. The van der Waals surface area contributed by atoms with Crippen molar-refractivity contribution in [2.45, 2.75) is 33.6 Å². The lowest BCUT2D eigenvalue weighted by Gasteiger charge is -2.09. The van der Waals surface area contributed by atoms with E-state index < -0.39 is 0 Å². The van der Waals surface area contributed by atoms with E-state index in [2.05, 4.69) is 45.1 Å². The first-order chi connectivity index (χ1) is 8.61. The molecular formula is C13H22BrN3O. The Morgan fingerprint density at radius 2 is 2.17 bits per heavy atom. The van der Waals surface area contributed by atoms with Crippen molar-refractivity contribution in [1.82, 2.24) is 9.97 Å². The van der Waals surface area contributed by atoms with Crippen molar-refractivity contribution < 1.29 is 4.74 Å². The maximum absolute atomic E-state index is 5.52. The second-order valence-electron chi connectivity index (χ2n) is 4.59. The maximum Gasteiger partial charge on any atom is 0.131 e. The van der Waals surface area contributed by atoms with Crippen LogP contribution in [0.25, 0.3) is 0 Å². The highest BCUT2D eigenvalue weighted by atomic mass is 79.9. The van der Waals surface area contributed by atoms with Crippen molar-refractivity contribution in [2.75, 3.05) is 25.1 Å². The van der Waals surface area contributed by atoms with E-state index in [4.69, 9.17) is 4.74 Å². The quantitative estimate of drug-likeness (QED) is 0.591. The highest BCUT2D eigenvalue weighted by molar-refractivity contribution is 9.10. The fraction of sp³-hybridized carbons (Fsp3) is 0.692. The molecule has 102 valence electrons. The molecule has 4 nitrogen and oxygen atoms in total. The zero-order valence-corrected chi connectivity index (χ0v) is 13.0. The highest BCUT2D eigenvalue weighted by Crippen LogP contribution is 2.12. The molecular weight excluding hydrogens is 294 g/mol. The van der Waals surface area contributed by atoms with E-state index in [0.717, 1.165) is 48.8 Å². The molecule has 0 saturated heterocycles. The molecule has 0 fully saturated rings. The zero-order chi connectivity index (χ0) is 13.4. The van der Waals surface area contributed by atoms with Crippen LogP contribution in [0.1, 0.15) is 33.0 Å². The fourth-order valence-electron chi connectivity index (χ4n) is 1.42. The van der Waals surface area contributed by atoms with Crippen molar-refractivity contribution >= 4 is 21.7 Å². The van der Waals surface area contributed by atoms with Crippen molar-refractivity contribution in [2.24, 2.45) is 5.92 Å². The molecule has 0 amide bonds. The minimum absolute atomic E-state index is 0.600. The topological polar surface area (TPSA) is 47.0 Å². The Balaban J connectivity index is 2.24. The number of hydrogen-bond acceptors (Lipinski definition) is 4. The minimum Gasteiger partial charge on any atom is -0.381 e. The molecule has 0 aliphatic carbocycles. The van der Waals surface area contributed by atoms with Crippen LogP contribution < -0.4 is 5.32 Å². The molecule has 0 aliphatic heterocycles. The Labute approximate surface area is 118 Å². The lowest BCUT2D eigenvalue weighted by molar-refractivity contribution is 0.110. The van der Waals surface area contributed by atoms with Crippen molar-refractivity contribution in [3.8, 4) is 0 Å². The molecule has 0 radical (unpaired) electrons. The van der Waals surface area contributed by atoms with Crippen LogP contribution in [0.3, 0.4) is 0 Å². The number of hydrogen-bond donors (Lipinski definition) is 1. The van der Waals surface area contributed by atoms with Gasteiger partial charge in [-0.2, -0.15) is 0 Å². The Bertz CT molecular complexity index is 358. The number of ether oxygens (including phenoxy) is 1. The van der Waals surface area contributed by atoms with Gasteiger partial charge in [0.1, 0.15) is 16.2 Å². The standard InChI is InChI=1S/C13H22BrN3O/c1-4-12-16-11(14)8-13(17-12)15-6-5-7-18-9-10(2)3/h8,10H,4-7,9H2,1-3H3,(H,15,16,17). The van der Waals surface area contributed by atoms with Gasteiger partial charge in [0.15, 0.2) is 0 Å². The van der Waals surface area contributed by atoms with Gasteiger partial charge < -0.3 is 10.1 Å². The van der Waals surface area contributed by atoms with Crippen LogP contribution >= 0.6 is 15.9 Å². The average Bonchev–Trinajstić information content (AvgIpc) is 2.32. The van der Waals surface area contributed by atoms with Crippen LogP contribution in [0.5, 0.6) is 0 Å². The van der Waals surface area contributed by atoms with E-state index in [-0.39, 0.29) is 0 Å². The molecule has 1 aromatic heterocycles. The summed E-state index contributed by atoms with van der Waals surface area (Å²) in [5.41, 5.74) is 0. The first-order valence-electron chi connectivity index (χ1n) is 6.47. The summed E-state index contributed by atoms with van der Waals surface area (Å²) in [6, 6.07) is 1.90. The van der Waals surface area contributed by atoms with Gasteiger partial charge in [0, 0.05) is 32.2 Å². The van der Waals surface area contributed by atoms with E-state index in [9.17, 15) is 0 Å². The van der Waals surface area contributed by atoms with Gasteiger partial charge in [-0.3, -0.25) is 0 Å². The summed E-state index contributed by atoms with van der Waals surface area (Å²) in [7, 11) is 0. The molecule has 1 heterocycles. The predicted molar refractivity (Wildman–Crippen MR) is 77.9 cm³/mol. The normalized spacial score (nSPS) is 10.9. The van der Waals surface area contributed by atoms with Crippen LogP contribution in [0.15, 0.2) is 10.7 Å². The molecule has 1 rings (SSSR count). The number of halogens is 1. The molecule has 0 aliphatic rings. The number of aromatic nitrogens is 2. The van der Waals surface area contributed by atoms with Crippen LogP contribution in [-0.4, -0.2) is 29.7 Å². The van der Waals surface area contributed by atoms with Gasteiger partial charge in [0.2, 0.25) is 0 Å². The second kappa shape index (κ2) is 8.43. The molecule has 1 N–H and O–H groups in total. The number of nitrogens with one attached hydrogen (secondary N) is 1. The predicted octanol–water partition coefficient (Wildman–Crippen LogP) is 3.28. The SMILES string of the molecule is CCc1nc(Br)cc(NCCCOCC(C)C)n1. The summed E-state index contributed by atoms with van der Waals surface area (Å²) in [5, 5.41) is 3.29. The Morgan fingerprint density at radius 3 is 2.83 bits per heavy atom. The van der Waals surface area contributed by atoms with Gasteiger partial charge in [-0.25, -0.2) is 9.97 Å². The van der Waals surface area contributed by atoms with Crippen molar-refractivity contribution in [3.63, 3.8) is 0 Å². The van der Waals surface area contributed by atoms with Gasteiger partial charge in [-0.1, -0.05) is 20.8 Å². The molecule has 0 aromatic carbocycles. The zero-order valence-electron chi connectivity index (χ0n) is 11.4. The first-order valence-corrected chi connectivity index (χ1v) is 7.26. The van der Waals surface area contributed by atoms with E-state index in [1.807, 2.05) is 13.0 Å². The Kier molecular flexibility index (Phi) is 7.20. The lowest BCUT2D eigenvalue weighted by atomic mass is 10.2. The maximum atomic E-state index is 5.52. The number of anilines is 1. The third-order valence-corrected chi connectivity index (χ3v) is 2.69. The lowest BCUT2D eigenvalue weighted by Crippen LogP contribution is -2.10. The van der Waals surface area contributed by atoms with Crippen LogP contribution in [0.2, 0.25) is 0 Å². The highest BCUT2D eigenvalue weighted by Gasteiger charge is 2.01. The van der Waals surface area contributed by atoms with Gasteiger partial charge in [-0.15, -0.1) is 0 Å². The summed E-state index contributed by atoms with van der Waals surface area (Å²) in [4.78, 5) is 8.68. The summed E-state index contributed by atoms with van der Waals surface area (Å²) in [6.07, 6.45) is 1.82. The van der Waals surface area contributed by atoms with Gasteiger partial charge >= 0.3 is 0 Å². The van der Waals surface area contributed by atoms with Crippen LogP contribution in [0, 0.1) is 5.92 Å². The number of rotatable bonds is 8. The Morgan fingerprint density at radius 1 is 1.39 bits per heavy atom. The van der Waals surface area contributed by atoms with E-state index in [1.54, 1.807) is 0 Å². The van der Waals surface area contributed by atoms with Gasteiger partial charge in [0.25, 0.3) is 0 Å². The summed E-state index contributed by atoms with van der Waals surface area (Å²) < 4.78 is 6.35. The number of nitrogens with zero attached hydrogens (tertiary/aromatic N) is 2. The third-order valence-electron chi connectivity index (χ3n) is 2.28. The summed E-state index contributed by atoms with van der Waals surface area (Å²) in [5.74, 6) is 2.32. The monoisotopic (exact) mass is 315 g/mol. The second-order valence-corrected chi connectivity index (χ2v) is 5.41. The molecule has 18 heavy (non-hydrogen) atoms. The number of aryl methyl sites for hydroxylation is 1. The van der Waals surface area contributed by atoms with Crippen molar-refractivity contribution in [3.05, 3.63) is 16.5 Å². The van der Waals surface area contributed by atoms with E-state index in [1.165, 1.54) is 0 Å². The smallest absolute Gasteiger partial charge is 0.131 e. The third kappa shape index (κ3) is 6.31. The Hall–Kier alpha value is -0.680. The van der Waals surface area contributed by atoms with Crippen LogP contribution in [0.4, 0.5) is 5.82 Å². The molecule has 0 unspecified atom stereocenters. The molecule has 0 bridgehead atoms. The van der Waals surface area contributed by atoms with Gasteiger partial charge in [-0.05, 0) is 28.3 Å². The average molecular weight is 316 g/mol. The van der Waals surface area contributed by atoms with Crippen LogP contribution in [-0.2, 0) is 11.2 Å². The summed E-state index contributed by atoms with van der Waals surface area (Å²) >= 11 is 3.39. The van der Waals surface area contributed by atoms with E-state index >= 15 is 0 Å². The molecule has 5 heteroatoms. The van der Waals surface area contributed by atoms with Crippen molar-refractivity contribution in [1.29, 1.82) is 0 Å². The molecule has 0 saturated carbocycles. The summed E-state index contributed by atoms with van der Waals surface area (Å²) in [6.45, 7) is 8.85. The molecule has 1 aromatic rings. The first kappa shape index (κ1) is 15.4. The molecule has 0 atom stereocenters. The fourth-order valence-corrected chi connectivity index (χ4v) is 1.84. The van der Waals surface area contributed by atoms with Gasteiger partial charge in [0.05, 0.1) is 0 Å².